The third-order valence-electron chi connectivity index (χ3n) is 4.59. The highest BCUT2D eigenvalue weighted by Crippen LogP contribution is 2.33. The molecule has 0 aliphatic carbocycles. The van der Waals surface area contributed by atoms with E-state index in [1.54, 1.807) is 4.31 Å². The van der Waals surface area contributed by atoms with Crippen molar-refractivity contribution in [1.29, 1.82) is 0 Å². The van der Waals surface area contributed by atoms with Crippen LogP contribution in [0.4, 0.5) is 0 Å². The second-order valence-corrected chi connectivity index (χ2v) is 8.34. The number of aliphatic hydroxyl groups is 1. The van der Waals surface area contributed by atoms with E-state index in [4.69, 9.17) is 9.52 Å². The Kier molecular flexibility index (Phi) is 4.17. The summed E-state index contributed by atoms with van der Waals surface area (Å²) in [6, 6.07) is 2.16. The lowest BCUT2D eigenvalue weighted by molar-refractivity contribution is 0.244. The topological polar surface area (TPSA) is 74.0 Å². The van der Waals surface area contributed by atoms with Crippen molar-refractivity contribution in [2.75, 3.05) is 20.1 Å². The first-order valence-electron chi connectivity index (χ1n) is 7.04. The Bertz CT molecular complexity index is 630. The molecule has 0 saturated carbocycles. The second kappa shape index (κ2) is 5.66. The molecule has 3 rings (SSSR count). The van der Waals surface area contributed by atoms with Gasteiger partial charge in [0.2, 0.25) is 10.0 Å². The van der Waals surface area contributed by atoms with Crippen molar-refractivity contribution in [2.24, 2.45) is 0 Å². The number of rotatable bonds is 3. The van der Waals surface area contributed by atoms with Crippen molar-refractivity contribution in [3.8, 4) is 0 Å². The molecule has 1 aromatic rings. The quantitative estimate of drug-likeness (QED) is 0.859. The van der Waals surface area contributed by atoms with Gasteiger partial charge in [-0.2, -0.15) is 4.31 Å². The van der Waals surface area contributed by atoms with Gasteiger partial charge in [0.1, 0.15) is 17.3 Å². The Labute approximate surface area is 132 Å². The van der Waals surface area contributed by atoms with Crippen molar-refractivity contribution in [1.82, 2.24) is 9.21 Å². The van der Waals surface area contributed by atoms with Crippen LogP contribution in [-0.2, 0) is 16.6 Å². The van der Waals surface area contributed by atoms with Gasteiger partial charge in [-0.3, -0.25) is 4.90 Å². The Balaban J connectivity index is 1.89. The van der Waals surface area contributed by atoms with E-state index in [9.17, 15) is 8.42 Å². The fourth-order valence-electron chi connectivity index (χ4n) is 3.29. The highest BCUT2D eigenvalue weighted by Gasteiger charge is 2.39. The van der Waals surface area contributed by atoms with E-state index in [1.165, 1.54) is 6.07 Å². The van der Waals surface area contributed by atoms with Gasteiger partial charge in [0.05, 0.1) is 0 Å². The summed E-state index contributed by atoms with van der Waals surface area (Å²) in [4.78, 5) is 2.41. The summed E-state index contributed by atoms with van der Waals surface area (Å²) in [5, 5.41) is 9.09. The first kappa shape index (κ1) is 15.5. The summed E-state index contributed by atoms with van der Waals surface area (Å²) in [5.41, 5.74) is 0. The monoisotopic (exact) mass is 378 g/mol. The van der Waals surface area contributed by atoms with Gasteiger partial charge in [-0.05, 0) is 42.2 Å². The van der Waals surface area contributed by atoms with Crippen LogP contribution in [0.3, 0.4) is 0 Å². The predicted molar refractivity (Wildman–Crippen MR) is 80.3 cm³/mol. The Hall–Kier alpha value is -0.410. The molecule has 2 fully saturated rings. The normalized spacial score (nSPS) is 28.0. The minimum Gasteiger partial charge on any atom is -0.450 e. The molecule has 2 saturated heterocycles. The number of likely N-dealkylation sites (N-methyl/N-ethyl adjacent to an activating group) is 1. The van der Waals surface area contributed by atoms with Gasteiger partial charge in [-0.1, -0.05) is 0 Å². The average molecular weight is 379 g/mol. The SMILES string of the molecule is CN1C2CCC1CN(S(=O)(=O)c1cc(CO)oc1Br)CC2. The van der Waals surface area contributed by atoms with Gasteiger partial charge in [-0.25, -0.2) is 8.42 Å². The molecule has 2 atom stereocenters. The molecular weight excluding hydrogens is 360 g/mol. The number of aliphatic hydroxyl groups excluding tert-OH is 1. The summed E-state index contributed by atoms with van der Waals surface area (Å²) >= 11 is 3.14. The number of fused-ring (bicyclic) bond motifs is 2. The van der Waals surface area contributed by atoms with Gasteiger partial charge in [0.15, 0.2) is 4.67 Å². The van der Waals surface area contributed by atoms with Crippen LogP contribution in [0.15, 0.2) is 20.0 Å². The van der Waals surface area contributed by atoms with Gasteiger partial charge < -0.3 is 9.52 Å². The maximum atomic E-state index is 12.8. The van der Waals surface area contributed by atoms with Crippen LogP contribution in [0.2, 0.25) is 0 Å². The molecule has 1 aromatic heterocycles. The fourth-order valence-corrected chi connectivity index (χ4v) is 5.74. The number of hydrogen-bond donors (Lipinski definition) is 1. The maximum Gasteiger partial charge on any atom is 0.247 e. The third-order valence-corrected chi connectivity index (χ3v) is 7.31. The Morgan fingerprint density at radius 2 is 2.10 bits per heavy atom. The minimum absolute atomic E-state index is 0.104. The number of hydrogen-bond acceptors (Lipinski definition) is 5. The van der Waals surface area contributed by atoms with Crippen LogP contribution < -0.4 is 0 Å². The van der Waals surface area contributed by atoms with E-state index in [0.717, 1.165) is 19.3 Å². The molecule has 0 amide bonds. The molecule has 6 nitrogen and oxygen atoms in total. The third kappa shape index (κ3) is 2.68. The highest BCUT2D eigenvalue weighted by molar-refractivity contribution is 9.10. The molecule has 21 heavy (non-hydrogen) atoms. The van der Waals surface area contributed by atoms with Gasteiger partial charge in [-0.15, -0.1) is 0 Å². The summed E-state index contributed by atoms with van der Waals surface area (Å²) in [6.45, 7) is 0.725. The van der Waals surface area contributed by atoms with E-state index in [0.29, 0.717) is 19.1 Å². The molecule has 3 heterocycles. The maximum absolute atomic E-state index is 12.8. The van der Waals surface area contributed by atoms with Crippen LogP contribution >= 0.6 is 15.9 Å². The summed E-state index contributed by atoms with van der Waals surface area (Å²) in [6.07, 6.45) is 3.05. The molecule has 0 aromatic carbocycles. The summed E-state index contributed by atoms with van der Waals surface area (Å²) in [5.74, 6) is 0.244. The zero-order valence-corrected chi connectivity index (χ0v) is 14.2. The molecule has 2 aliphatic heterocycles. The van der Waals surface area contributed by atoms with Crippen LogP contribution in [-0.4, -0.2) is 55.0 Å². The van der Waals surface area contributed by atoms with Crippen LogP contribution in [0.5, 0.6) is 0 Å². The Morgan fingerprint density at radius 1 is 1.38 bits per heavy atom. The van der Waals surface area contributed by atoms with Crippen molar-refractivity contribution >= 4 is 26.0 Å². The van der Waals surface area contributed by atoms with E-state index in [-0.39, 0.29) is 28.0 Å². The highest BCUT2D eigenvalue weighted by atomic mass is 79.9. The lowest BCUT2D eigenvalue weighted by Gasteiger charge is -2.24. The van der Waals surface area contributed by atoms with E-state index in [1.807, 2.05) is 0 Å². The van der Waals surface area contributed by atoms with Gasteiger partial charge in [0.25, 0.3) is 0 Å². The van der Waals surface area contributed by atoms with Crippen molar-refractivity contribution in [2.45, 2.75) is 42.8 Å². The van der Waals surface area contributed by atoms with Gasteiger partial charge in [0, 0.05) is 31.2 Å². The zero-order valence-electron chi connectivity index (χ0n) is 11.8. The fraction of sp³-hybridized carbons (Fsp3) is 0.692. The molecular formula is C13H19BrN2O4S. The first-order chi connectivity index (χ1) is 9.93. The molecule has 8 heteroatoms. The van der Waals surface area contributed by atoms with Crippen LogP contribution in [0.25, 0.3) is 0 Å². The van der Waals surface area contributed by atoms with E-state index < -0.39 is 10.0 Å². The lowest BCUT2D eigenvalue weighted by Crippen LogP contribution is -2.39. The van der Waals surface area contributed by atoms with Crippen LogP contribution in [0, 0.1) is 0 Å². The largest absolute Gasteiger partial charge is 0.450 e. The van der Waals surface area contributed by atoms with Crippen molar-refractivity contribution in [3.05, 3.63) is 16.5 Å². The first-order valence-corrected chi connectivity index (χ1v) is 9.28. The summed E-state index contributed by atoms with van der Waals surface area (Å²) in [7, 11) is -1.52. The summed E-state index contributed by atoms with van der Waals surface area (Å²) < 4.78 is 32.5. The van der Waals surface area contributed by atoms with E-state index >= 15 is 0 Å². The van der Waals surface area contributed by atoms with Gasteiger partial charge >= 0.3 is 0 Å². The molecule has 2 unspecified atom stereocenters. The molecule has 0 spiro atoms. The zero-order chi connectivity index (χ0) is 15.2. The molecule has 2 aliphatic rings. The van der Waals surface area contributed by atoms with E-state index in [2.05, 4.69) is 27.9 Å². The lowest BCUT2D eigenvalue weighted by atomic mass is 10.1. The Morgan fingerprint density at radius 3 is 2.76 bits per heavy atom. The number of sulfonamides is 1. The van der Waals surface area contributed by atoms with Crippen molar-refractivity contribution in [3.63, 3.8) is 0 Å². The average Bonchev–Trinajstić information content (AvgIpc) is 2.90. The van der Waals surface area contributed by atoms with Crippen molar-refractivity contribution < 1.29 is 17.9 Å². The van der Waals surface area contributed by atoms with Crippen LogP contribution in [0.1, 0.15) is 25.0 Å². The standard InChI is InChI=1S/C13H19BrN2O4S/c1-15-9-2-3-10(15)7-16(5-4-9)21(18,19)12-6-11(8-17)20-13(12)14/h6,9-10,17H,2-5,7-8H2,1H3. The smallest absolute Gasteiger partial charge is 0.247 e. The number of nitrogens with zero attached hydrogens (tertiary/aromatic N) is 2. The number of halogens is 1. The molecule has 1 N–H and O–H groups in total. The second-order valence-electron chi connectivity index (χ2n) is 5.71. The molecule has 0 radical (unpaired) electrons. The molecule has 118 valence electrons. The minimum atomic E-state index is -3.60. The number of furan rings is 1. The predicted octanol–water partition coefficient (Wildman–Crippen LogP) is 1.39. The molecule has 2 bridgehead atoms.